The van der Waals surface area contributed by atoms with Gasteiger partial charge in [0.05, 0.1) is 25.3 Å². The largest absolute Gasteiger partial charge is 0.343 e. The molecular weight excluding hydrogens is 379 g/mol. The zero-order valence-corrected chi connectivity index (χ0v) is 17.3. The molecule has 2 aliphatic rings. The first-order chi connectivity index (χ1) is 13.7. The minimum Gasteiger partial charge on any atom is -0.343 e. The number of aromatic nitrogens is 3. The van der Waals surface area contributed by atoms with Crippen molar-refractivity contribution >= 4 is 17.7 Å². The summed E-state index contributed by atoms with van der Waals surface area (Å²) in [5.74, 6) is -0.0280. The molecule has 1 aromatic rings. The van der Waals surface area contributed by atoms with Crippen LogP contribution in [0.25, 0.3) is 0 Å². The molecule has 3 amide bonds. The molecular formula is C19H29FN6O3. The summed E-state index contributed by atoms with van der Waals surface area (Å²) in [7, 11) is 3.26. The summed E-state index contributed by atoms with van der Waals surface area (Å²) in [5.41, 5.74) is 0.222. The van der Waals surface area contributed by atoms with Crippen molar-refractivity contribution in [2.75, 3.05) is 33.7 Å². The van der Waals surface area contributed by atoms with Crippen molar-refractivity contribution in [3.8, 4) is 0 Å². The van der Waals surface area contributed by atoms with Gasteiger partial charge in [0.25, 0.3) is 5.91 Å². The minimum atomic E-state index is -1.06. The Kier molecular flexibility index (Phi) is 6.49. The van der Waals surface area contributed by atoms with Crippen molar-refractivity contribution in [1.29, 1.82) is 0 Å². The number of carbonyl (C=O) groups is 3. The third kappa shape index (κ3) is 5.10. The van der Waals surface area contributed by atoms with Gasteiger partial charge in [-0.3, -0.25) is 14.4 Å². The monoisotopic (exact) mass is 408 g/mol. The number of piperidine rings is 1. The van der Waals surface area contributed by atoms with E-state index in [4.69, 9.17) is 0 Å². The molecule has 2 fully saturated rings. The highest BCUT2D eigenvalue weighted by atomic mass is 19.1. The van der Waals surface area contributed by atoms with Gasteiger partial charge in [-0.05, 0) is 18.8 Å². The third-order valence-electron chi connectivity index (χ3n) is 5.77. The van der Waals surface area contributed by atoms with Crippen LogP contribution in [0.2, 0.25) is 0 Å². The van der Waals surface area contributed by atoms with Crippen molar-refractivity contribution in [3.63, 3.8) is 0 Å². The fraction of sp³-hybridized carbons (Fsp3) is 0.737. The Hall–Kier alpha value is -2.52. The summed E-state index contributed by atoms with van der Waals surface area (Å²) in [6.45, 7) is 3.30. The lowest BCUT2D eigenvalue weighted by Crippen LogP contribution is -2.41. The van der Waals surface area contributed by atoms with Gasteiger partial charge >= 0.3 is 0 Å². The van der Waals surface area contributed by atoms with Gasteiger partial charge in [0.2, 0.25) is 11.8 Å². The molecule has 3 rings (SSSR count). The second kappa shape index (κ2) is 8.87. The fourth-order valence-electron chi connectivity index (χ4n) is 4.08. The van der Waals surface area contributed by atoms with Crippen molar-refractivity contribution in [3.05, 3.63) is 11.9 Å². The number of carbonyl (C=O) groups excluding carboxylic acids is 3. The second-order valence-corrected chi connectivity index (χ2v) is 8.21. The standard InChI is InChI=1S/C19H29FN6O3/c1-13(27)24-6-4-14(5-7-24)8-18(28)26-10-15(20)9-16(26)11-25-12-17(21-22-25)19(29)23(2)3/h12,14-16H,4-11H2,1-3H3/t15-,16-/m0/s1. The van der Waals surface area contributed by atoms with Crippen LogP contribution in [0, 0.1) is 5.92 Å². The number of nitrogens with zero attached hydrogens (tertiary/aromatic N) is 6. The number of amides is 3. The highest BCUT2D eigenvalue weighted by Gasteiger charge is 2.37. The van der Waals surface area contributed by atoms with E-state index < -0.39 is 6.17 Å². The maximum absolute atomic E-state index is 14.1. The number of halogens is 1. The number of likely N-dealkylation sites (tertiary alicyclic amines) is 2. The van der Waals surface area contributed by atoms with Gasteiger partial charge in [-0.15, -0.1) is 5.10 Å². The van der Waals surface area contributed by atoms with Crippen LogP contribution in [-0.4, -0.2) is 93.4 Å². The summed E-state index contributed by atoms with van der Waals surface area (Å²) in [5, 5.41) is 7.84. The lowest BCUT2D eigenvalue weighted by Gasteiger charge is -2.32. The van der Waals surface area contributed by atoms with Gasteiger partial charge in [0.1, 0.15) is 6.17 Å². The number of alkyl halides is 1. The summed E-state index contributed by atoms with van der Waals surface area (Å²) in [6, 6.07) is -0.307. The van der Waals surface area contributed by atoms with Crippen molar-refractivity contribution in [2.24, 2.45) is 5.92 Å². The molecule has 0 unspecified atom stereocenters. The van der Waals surface area contributed by atoms with E-state index in [0.29, 0.717) is 26.1 Å². The normalized spacial score (nSPS) is 22.8. The Morgan fingerprint density at radius 1 is 1.24 bits per heavy atom. The van der Waals surface area contributed by atoms with E-state index in [9.17, 15) is 18.8 Å². The van der Waals surface area contributed by atoms with E-state index in [0.717, 1.165) is 12.8 Å². The van der Waals surface area contributed by atoms with E-state index in [-0.39, 0.29) is 48.3 Å². The highest BCUT2D eigenvalue weighted by Crippen LogP contribution is 2.27. The van der Waals surface area contributed by atoms with E-state index in [1.54, 1.807) is 30.8 Å². The Balaban J connectivity index is 1.58. The molecule has 0 radical (unpaired) electrons. The van der Waals surface area contributed by atoms with Crippen LogP contribution in [0.5, 0.6) is 0 Å². The molecule has 160 valence electrons. The van der Waals surface area contributed by atoms with Crippen molar-refractivity contribution in [1.82, 2.24) is 29.7 Å². The first kappa shape index (κ1) is 21.2. The number of hydrogen-bond acceptors (Lipinski definition) is 5. The summed E-state index contributed by atoms with van der Waals surface area (Å²) in [4.78, 5) is 41.1. The van der Waals surface area contributed by atoms with Gasteiger partial charge < -0.3 is 14.7 Å². The van der Waals surface area contributed by atoms with Crippen LogP contribution < -0.4 is 0 Å². The second-order valence-electron chi connectivity index (χ2n) is 8.21. The smallest absolute Gasteiger partial charge is 0.275 e. The molecule has 10 heteroatoms. The summed E-state index contributed by atoms with van der Waals surface area (Å²) in [6.07, 6.45) is 2.69. The predicted octanol–water partition coefficient (Wildman–Crippen LogP) is 0.568. The molecule has 29 heavy (non-hydrogen) atoms. The van der Waals surface area contributed by atoms with E-state index in [2.05, 4.69) is 10.3 Å². The summed E-state index contributed by atoms with van der Waals surface area (Å²) >= 11 is 0. The van der Waals surface area contributed by atoms with Crippen molar-refractivity contribution < 1.29 is 18.8 Å². The first-order valence-electron chi connectivity index (χ1n) is 10.1. The maximum atomic E-state index is 14.1. The van der Waals surface area contributed by atoms with E-state index in [1.807, 2.05) is 0 Å². The molecule has 2 saturated heterocycles. The van der Waals surface area contributed by atoms with Crippen LogP contribution in [0.3, 0.4) is 0 Å². The average Bonchev–Trinajstić information content (AvgIpc) is 3.28. The quantitative estimate of drug-likeness (QED) is 0.710. The maximum Gasteiger partial charge on any atom is 0.275 e. The average molecular weight is 408 g/mol. The van der Waals surface area contributed by atoms with Crippen LogP contribution in [0.1, 0.15) is 43.1 Å². The molecule has 0 spiro atoms. The first-order valence-corrected chi connectivity index (χ1v) is 10.1. The van der Waals surface area contributed by atoms with Crippen LogP contribution in [-0.2, 0) is 16.1 Å². The molecule has 2 aliphatic heterocycles. The van der Waals surface area contributed by atoms with Gasteiger partial charge in [-0.25, -0.2) is 9.07 Å². The summed E-state index contributed by atoms with van der Waals surface area (Å²) < 4.78 is 15.6. The van der Waals surface area contributed by atoms with E-state index >= 15 is 0 Å². The third-order valence-corrected chi connectivity index (χ3v) is 5.77. The molecule has 0 N–H and O–H groups in total. The van der Waals surface area contributed by atoms with Gasteiger partial charge in [-0.2, -0.15) is 0 Å². The predicted molar refractivity (Wildman–Crippen MR) is 103 cm³/mol. The molecule has 2 atom stereocenters. The lowest BCUT2D eigenvalue weighted by atomic mass is 9.93. The molecule has 0 aliphatic carbocycles. The van der Waals surface area contributed by atoms with Gasteiger partial charge in [0.15, 0.2) is 5.69 Å². The molecule has 3 heterocycles. The van der Waals surface area contributed by atoms with Crippen LogP contribution in [0.15, 0.2) is 6.20 Å². The van der Waals surface area contributed by atoms with Crippen LogP contribution in [0.4, 0.5) is 4.39 Å². The molecule has 0 bridgehead atoms. The zero-order valence-electron chi connectivity index (χ0n) is 17.3. The Bertz CT molecular complexity index is 759. The van der Waals surface area contributed by atoms with Gasteiger partial charge in [0, 0.05) is 47.0 Å². The Morgan fingerprint density at radius 2 is 1.93 bits per heavy atom. The fourth-order valence-corrected chi connectivity index (χ4v) is 4.08. The van der Waals surface area contributed by atoms with Gasteiger partial charge in [-0.1, -0.05) is 5.21 Å². The van der Waals surface area contributed by atoms with E-state index in [1.165, 1.54) is 15.8 Å². The SMILES string of the molecule is CC(=O)N1CCC(CC(=O)N2C[C@@H](F)C[C@H]2Cn2cc(C(=O)N(C)C)nn2)CC1. The minimum absolute atomic E-state index is 0.0545. The zero-order chi connectivity index (χ0) is 21.1. The topological polar surface area (TPSA) is 91.6 Å². The Morgan fingerprint density at radius 3 is 2.55 bits per heavy atom. The van der Waals surface area contributed by atoms with Crippen LogP contribution >= 0.6 is 0 Å². The number of hydrogen-bond donors (Lipinski definition) is 0. The molecule has 0 saturated carbocycles. The lowest BCUT2D eigenvalue weighted by molar-refractivity contribution is -0.134. The number of rotatable bonds is 5. The molecule has 1 aromatic heterocycles. The molecule has 0 aromatic carbocycles. The highest BCUT2D eigenvalue weighted by molar-refractivity contribution is 5.91. The molecule has 9 nitrogen and oxygen atoms in total. The Labute approximate surface area is 169 Å². The van der Waals surface area contributed by atoms with Crippen molar-refractivity contribution in [2.45, 2.75) is 51.4 Å².